The van der Waals surface area contributed by atoms with Crippen LogP contribution in [-0.2, 0) is 14.6 Å². The number of carbonyl (C=O) groups excluding carboxylic acids is 2. The van der Waals surface area contributed by atoms with Gasteiger partial charge in [-0.3, -0.25) is 9.59 Å². The van der Waals surface area contributed by atoms with Crippen LogP contribution in [0.4, 0.5) is 5.69 Å². The van der Waals surface area contributed by atoms with E-state index in [1.54, 1.807) is 60.7 Å². The Labute approximate surface area is 207 Å². The maximum absolute atomic E-state index is 13.3. The molecule has 2 amide bonds. The Kier molecular flexibility index (Phi) is 6.99. The Balaban J connectivity index is 1.61. The van der Waals surface area contributed by atoms with Crippen LogP contribution in [0.25, 0.3) is 10.8 Å². The molecule has 0 radical (unpaired) electrons. The molecule has 0 aliphatic heterocycles. The van der Waals surface area contributed by atoms with Crippen molar-refractivity contribution in [2.45, 2.75) is 51.0 Å². The molecule has 6 nitrogen and oxygen atoms in total. The van der Waals surface area contributed by atoms with E-state index in [9.17, 15) is 18.0 Å². The molecule has 0 bridgehead atoms. The van der Waals surface area contributed by atoms with Gasteiger partial charge in [-0.05, 0) is 42.0 Å². The van der Waals surface area contributed by atoms with Gasteiger partial charge in [0.25, 0.3) is 5.91 Å². The Morgan fingerprint density at radius 1 is 0.914 bits per heavy atom. The molecule has 0 saturated heterocycles. The number of anilines is 1. The molecule has 2 N–H and O–H groups in total. The van der Waals surface area contributed by atoms with Crippen molar-refractivity contribution in [2.24, 2.45) is 11.3 Å². The Bertz CT molecular complexity index is 1340. The van der Waals surface area contributed by atoms with E-state index >= 15 is 0 Å². The van der Waals surface area contributed by atoms with Gasteiger partial charge in [0.05, 0.1) is 10.6 Å². The first-order valence-corrected chi connectivity index (χ1v) is 13.6. The maximum atomic E-state index is 13.3. The van der Waals surface area contributed by atoms with Crippen LogP contribution in [0.15, 0.2) is 71.6 Å². The van der Waals surface area contributed by atoms with Crippen molar-refractivity contribution in [3.8, 4) is 0 Å². The molecule has 3 aromatic carbocycles. The molecule has 0 unspecified atom stereocenters. The zero-order chi connectivity index (χ0) is 25.2. The summed E-state index contributed by atoms with van der Waals surface area (Å²) >= 11 is 0. The second-order valence-electron chi connectivity index (χ2n) is 10.5. The monoisotopic (exact) mass is 492 g/mol. The number of sulfone groups is 1. The summed E-state index contributed by atoms with van der Waals surface area (Å²) in [6.45, 7) is 5.68. The highest BCUT2D eigenvalue weighted by Crippen LogP contribution is 2.35. The van der Waals surface area contributed by atoms with Crippen molar-refractivity contribution in [3.63, 3.8) is 0 Å². The zero-order valence-electron chi connectivity index (χ0n) is 20.4. The Morgan fingerprint density at radius 2 is 1.57 bits per heavy atom. The molecule has 0 spiro atoms. The second-order valence-corrected chi connectivity index (χ2v) is 12.5. The fraction of sp³-hybridized carbons (Fsp3) is 0.357. The molecular formula is C28H32N2O4S. The molecule has 7 heteroatoms. The van der Waals surface area contributed by atoms with E-state index in [0.717, 1.165) is 12.8 Å². The van der Waals surface area contributed by atoms with Crippen LogP contribution in [0.5, 0.6) is 0 Å². The van der Waals surface area contributed by atoms with Crippen molar-refractivity contribution in [3.05, 3.63) is 72.3 Å². The fourth-order valence-corrected chi connectivity index (χ4v) is 6.37. The van der Waals surface area contributed by atoms with Crippen LogP contribution in [0.3, 0.4) is 0 Å². The fourth-order valence-electron chi connectivity index (χ4n) is 4.28. The van der Waals surface area contributed by atoms with Gasteiger partial charge in [0.2, 0.25) is 5.91 Å². The van der Waals surface area contributed by atoms with Crippen LogP contribution in [0, 0.1) is 11.3 Å². The van der Waals surface area contributed by atoms with Gasteiger partial charge in [-0.25, -0.2) is 8.42 Å². The number of hydrogen-bond acceptors (Lipinski definition) is 4. The first kappa shape index (κ1) is 24.9. The molecule has 0 heterocycles. The van der Waals surface area contributed by atoms with Crippen LogP contribution >= 0.6 is 0 Å². The maximum Gasteiger partial charge on any atom is 0.251 e. The minimum Gasteiger partial charge on any atom is -0.340 e. The highest BCUT2D eigenvalue weighted by atomic mass is 32.2. The van der Waals surface area contributed by atoms with Crippen LogP contribution in [0.2, 0.25) is 0 Å². The van der Waals surface area contributed by atoms with Gasteiger partial charge in [-0.15, -0.1) is 0 Å². The van der Waals surface area contributed by atoms with Crippen molar-refractivity contribution in [1.29, 1.82) is 0 Å². The third-order valence-corrected chi connectivity index (χ3v) is 8.29. The van der Waals surface area contributed by atoms with Crippen molar-refractivity contribution >= 4 is 38.1 Å². The standard InChI is InChI=1S/C28H32N2O4S/c1-28(2,3)18-35(33,34)25-14-8-11-21-22(25)12-7-13-23(21)29-27(32)24(17-19-15-16-19)30-26(31)20-9-5-4-6-10-20/h4-14,19,24H,15-18H2,1-3H3,(H,29,32)(H,30,31)/t24-/m0/s1. The minimum atomic E-state index is -3.53. The molecular weight excluding hydrogens is 460 g/mol. The molecule has 3 aromatic rings. The molecule has 35 heavy (non-hydrogen) atoms. The van der Waals surface area contributed by atoms with Crippen LogP contribution in [0.1, 0.15) is 50.4 Å². The zero-order valence-corrected chi connectivity index (χ0v) is 21.2. The summed E-state index contributed by atoms with van der Waals surface area (Å²) in [7, 11) is -3.53. The molecule has 1 atom stereocenters. The number of hydrogen-bond donors (Lipinski definition) is 2. The lowest BCUT2D eigenvalue weighted by Crippen LogP contribution is -2.44. The number of rotatable bonds is 8. The van der Waals surface area contributed by atoms with E-state index in [0.29, 0.717) is 34.4 Å². The van der Waals surface area contributed by atoms with Gasteiger partial charge in [-0.2, -0.15) is 0 Å². The van der Waals surface area contributed by atoms with Gasteiger partial charge in [0.15, 0.2) is 9.84 Å². The molecule has 1 saturated carbocycles. The number of amides is 2. The lowest BCUT2D eigenvalue weighted by atomic mass is 10.0. The number of nitrogens with one attached hydrogen (secondary N) is 2. The minimum absolute atomic E-state index is 0.0185. The number of fused-ring (bicyclic) bond motifs is 1. The SMILES string of the molecule is CC(C)(C)CS(=O)(=O)c1cccc2c(NC(=O)[C@H](CC3CC3)NC(=O)c3ccccc3)cccc12. The van der Waals surface area contributed by atoms with Crippen LogP contribution in [-0.4, -0.2) is 32.0 Å². The van der Waals surface area contributed by atoms with Gasteiger partial charge in [0, 0.05) is 22.0 Å². The highest BCUT2D eigenvalue weighted by Gasteiger charge is 2.31. The van der Waals surface area contributed by atoms with Gasteiger partial charge in [-0.1, -0.05) is 76.1 Å². The highest BCUT2D eigenvalue weighted by molar-refractivity contribution is 7.91. The summed E-state index contributed by atoms with van der Waals surface area (Å²) < 4.78 is 26.3. The third-order valence-electron chi connectivity index (χ3n) is 6.02. The Morgan fingerprint density at radius 3 is 2.23 bits per heavy atom. The van der Waals surface area contributed by atoms with Gasteiger partial charge >= 0.3 is 0 Å². The lowest BCUT2D eigenvalue weighted by molar-refractivity contribution is -0.118. The predicted octanol–water partition coefficient (Wildman–Crippen LogP) is 5.20. The quantitative estimate of drug-likeness (QED) is 0.452. The lowest BCUT2D eigenvalue weighted by Gasteiger charge is -2.20. The molecule has 0 aromatic heterocycles. The largest absolute Gasteiger partial charge is 0.340 e. The molecule has 1 aliphatic rings. The average Bonchev–Trinajstić information content (AvgIpc) is 3.61. The van der Waals surface area contributed by atoms with E-state index in [1.807, 2.05) is 26.8 Å². The third kappa shape index (κ3) is 6.28. The van der Waals surface area contributed by atoms with Crippen LogP contribution < -0.4 is 10.6 Å². The van der Waals surface area contributed by atoms with E-state index in [1.165, 1.54) is 0 Å². The van der Waals surface area contributed by atoms with Crippen molar-refractivity contribution < 1.29 is 18.0 Å². The van der Waals surface area contributed by atoms with E-state index in [2.05, 4.69) is 10.6 Å². The summed E-state index contributed by atoms with van der Waals surface area (Å²) in [5.74, 6) is -0.162. The van der Waals surface area contributed by atoms with E-state index in [4.69, 9.17) is 0 Å². The number of benzene rings is 3. The molecule has 1 fully saturated rings. The van der Waals surface area contributed by atoms with Crippen molar-refractivity contribution in [2.75, 3.05) is 11.1 Å². The first-order valence-electron chi connectivity index (χ1n) is 11.9. The summed E-state index contributed by atoms with van der Waals surface area (Å²) in [6, 6.07) is 18.5. The summed E-state index contributed by atoms with van der Waals surface area (Å²) in [5.41, 5.74) is 0.634. The second kappa shape index (κ2) is 9.82. The summed E-state index contributed by atoms with van der Waals surface area (Å²) in [4.78, 5) is 26.3. The first-order chi connectivity index (χ1) is 16.5. The van der Waals surface area contributed by atoms with Crippen molar-refractivity contribution in [1.82, 2.24) is 5.32 Å². The van der Waals surface area contributed by atoms with E-state index in [-0.39, 0.29) is 27.9 Å². The normalized spacial score (nSPS) is 14.9. The summed E-state index contributed by atoms with van der Waals surface area (Å²) in [5, 5.41) is 7.06. The van der Waals surface area contributed by atoms with Gasteiger partial charge in [0.1, 0.15) is 6.04 Å². The molecule has 4 rings (SSSR count). The Hall–Kier alpha value is -3.19. The smallest absolute Gasteiger partial charge is 0.251 e. The molecule has 1 aliphatic carbocycles. The summed E-state index contributed by atoms with van der Waals surface area (Å²) in [6.07, 6.45) is 2.67. The topological polar surface area (TPSA) is 92.3 Å². The predicted molar refractivity (Wildman–Crippen MR) is 139 cm³/mol. The van der Waals surface area contributed by atoms with Gasteiger partial charge < -0.3 is 10.6 Å². The average molecular weight is 493 g/mol. The van der Waals surface area contributed by atoms with E-state index < -0.39 is 15.9 Å². The number of carbonyl (C=O) groups is 2. The molecule has 184 valence electrons.